The van der Waals surface area contributed by atoms with Gasteiger partial charge >= 0.3 is 6.03 Å². The van der Waals surface area contributed by atoms with Gasteiger partial charge in [0.2, 0.25) is 5.88 Å². The van der Waals surface area contributed by atoms with Crippen LogP contribution in [0.5, 0.6) is 5.88 Å². The van der Waals surface area contributed by atoms with E-state index >= 15 is 0 Å². The highest BCUT2D eigenvalue weighted by molar-refractivity contribution is 6.01. The molecule has 2 amide bonds. The van der Waals surface area contributed by atoms with E-state index in [4.69, 9.17) is 9.15 Å². The molecule has 0 saturated carbocycles. The van der Waals surface area contributed by atoms with Gasteiger partial charge in [0.15, 0.2) is 11.5 Å². The van der Waals surface area contributed by atoms with Crippen molar-refractivity contribution in [1.29, 1.82) is 0 Å². The number of carbonyl (C=O) groups is 1. The molecule has 2 N–H and O–H groups in total. The average molecular weight is 343 g/mol. The van der Waals surface area contributed by atoms with Gasteiger partial charge in [-0.15, -0.1) is 0 Å². The summed E-state index contributed by atoms with van der Waals surface area (Å²) in [6.45, 7) is 5.83. The summed E-state index contributed by atoms with van der Waals surface area (Å²) in [6, 6.07) is 4.95. The van der Waals surface area contributed by atoms with Gasteiger partial charge in [0, 0.05) is 18.7 Å². The fourth-order valence-corrected chi connectivity index (χ4v) is 2.56. The first-order valence-electron chi connectivity index (χ1n) is 7.95. The lowest BCUT2D eigenvalue weighted by molar-refractivity contribution is 0.262. The number of aryl methyl sites for hydroxylation is 2. The van der Waals surface area contributed by atoms with Crippen LogP contribution >= 0.6 is 0 Å². The lowest BCUT2D eigenvalue weighted by Crippen LogP contribution is -2.20. The fourth-order valence-electron chi connectivity index (χ4n) is 2.56. The van der Waals surface area contributed by atoms with Crippen molar-refractivity contribution in [3.05, 3.63) is 29.8 Å². The lowest BCUT2D eigenvalue weighted by Gasteiger charge is -2.08. The van der Waals surface area contributed by atoms with Crippen molar-refractivity contribution in [3.8, 4) is 5.88 Å². The number of hydrogen-bond acceptors (Lipinski definition) is 5. The molecule has 25 heavy (non-hydrogen) atoms. The number of ether oxygens (including phenoxy) is 1. The van der Waals surface area contributed by atoms with Crippen LogP contribution in [0.4, 0.5) is 16.2 Å². The molecule has 0 atom stereocenters. The van der Waals surface area contributed by atoms with Crippen LogP contribution in [0.1, 0.15) is 31.4 Å². The predicted molar refractivity (Wildman–Crippen MR) is 95.2 cm³/mol. The van der Waals surface area contributed by atoms with Crippen LogP contribution in [0, 0.1) is 6.92 Å². The number of nitrogens with one attached hydrogen (secondary N) is 2. The molecule has 132 valence electrons. The van der Waals surface area contributed by atoms with Gasteiger partial charge in [-0.3, -0.25) is 0 Å². The summed E-state index contributed by atoms with van der Waals surface area (Å²) in [4.78, 5) is 16.7. The molecule has 0 bridgehead atoms. The number of urea groups is 1. The molecule has 0 radical (unpaired) electrons. The number of oxazole rings is 1. The molecule has 0 unspecified atom stereocenters. The van der Waals surface area contributed by atoms with Crippen LogP contribution in [0.25, 0.3) is 11.1 Å². The van der Waals surface area contributed by atoms with Crippen LogP contribution < -0.4 is 15.4 Å². The van der Waals surface area contributed by atoms with E-state index in [1.807, 2.05) is 13.8 Å². The summed E-state index contributed by atoms with van der Waals surface area (Å²) in [5.74, 6) is 1.36. The molecule has 0 aliphatic carbocycles. The lowest BCUT2D eigenvalue weighted by atomic mass is 10.2. The van der Waals surface area contributed by atoms with Crippen molar-refractivity contribution < 1.29 is 13.9 Å². The maximum absolute atomic E-state index is 12.3. The second-order valence-electron chi connectivity index (χ2n) is 6.06. The number of nitrogens with zero attached hydrogens (tertiary/aromatic N) is 3. The minimum absolute atomic E-state index is 0.202. The van der Waals surface area contributed by atoms with Crippen LogP contribution in [0.15, 0.2) is 22.6 Å². The van der Waals surface area contributed by atoms with Gasteiger partial charge in [-0.25, -0.2) is 14.5 Å². The standard InChI is InChI=1S/C17H21N5O3/c1-9(2)15-19-12-8-11(6-7-13(12)25-15)18-17(23)20-14-10(3)21-22(4)16(14)24-5/h6-9H,1-5H3,(H2,18,20,23). The molecule has 2 aromatic heterocycles. The highest BCUT2D eigenvalue weighted by Crippen LogP contribution is 2.27. The first-order valence-corrected chi connectivity index (χ1v) is 7.95. The number of hydrogen-bond donors (Lipinski definition) is 2. The van der Waals surface area contributed by atoms with Gasteiger partial charge in [-0.05, 0) is 25.1 Å². The van der Waals surface area contributed by atoms with Crippen LogP contribution in [-0.2, 0) is 7.05 Å². The Morgan fingerprint density at radius 3 is 2.76 bits per heavy atom. The van der Waals surface area contributed by atoms with E-state index in [0.717, 1.165) is 0 Å². The second-order valence-corrected chi connectivity index (χ2v) is 6.06. The minimum atomic E-state index is -0.388. The molecule has 3 aromatic rings. The third kappa shape index (κ3) is 3.28. The number of amides is 2. The number of fused-ring (bicyclic) bond motifs is 1. The van der Waals surface area contributed by atoms with E-state index in [9.17, 15) is 4.79 Å². The first kappa shape index (κ1) is 16.8. The average Bonchev–Trinajstić information content (AvgIpc) is 3.08. The summed E-state index contributed by atoms with van der Waals surface area (Å²) in [6.07, 6.45) is 0. The number of aromatic nitrogens is 3. The molecule has 0 aliphatic heterocycles. The maximum Gasteiger partial charge on any atom is 0.323 e. The van der Waals surface area contributed by atoms with E-state index in [-0.39, 0.29) is 11.9 Å². The Morgan fingerprint density at radius 1 is 1.32 bits per heavy atom. The molecule has 0 aliphatic rings. The first-order chi connectivity index (χ1) is 11.9. The monoisotopic (exact) mass is 343 g/mol. The van der Waals surface area contributed by atoms with Crippen LogP contribution in [-0.4, -0.2) is 27.9 Å². The van der Waals surface area contributed by atoms with Crippen LogP contribution in [0.2, 0.25) is 0 Å². The molecule has 8 nitrogen and oxygen atoms in total. The van der Waals surface area contributed by atoms with Crippen molar-refractivity contribution in [1.82, 2.24) is 14.8 Å². The van der Waals surface area contributed by atoms with Gasteiger partial charge in [0.1, 0.15) is 11.2 Å². The molecular weight excluding hydrogens is 322 g/mol. The third-order valence-corrected chi connectivity index (χ3v) is 3.76. The fraction of sp³-hybridized carbons (Fsp3) is 0.353. The quantitative estimate of drug-likeness (QED) is 0.754. The number of benzene rings is 1. The second kappa shape index (κ2) is 6.46. The van der Waals surface area contributed by atoms with Gasteiger partial charge in [-0.1, -0.05) is 13.8 Å². The molecule has 0 saturated heterocycles. The number of carbonyl (C=O) groups excluding carboxylic acids is 1. The molecule has 3 rings (SSSR count). The third-order valence-electron chi connectivity index (χ3n) is 3.76. The van der Waals surface area contributed by atoms with Gasteiger partial charge in [-0.2, -0.15) is 5.10 Å². The maximum atomic E-state index is 12.3. The van der Waals surface area contributed by atoms with E-state index in [1.54, 1.807) is 36.9 Å². The number of rotatable bonds is 4. The largest absolute Gasteiger partial charge is 0.480 e. The highest BCUT2D eigenvalue weighted by Gasteiger charge is 2.17. The Kier molecular flexibility index (Phi) is 4.35. The molecule has 2 heterocycles. The van der Waals surface area contributed by atoms with Crippen molar-refractivity contribution in [2.75, 3.05) is 17.7 Å². The number of anilines is 2. The smallest absolute Gasteiger partial charge is 0.323 e. The van der Waals surface area contributed by atoms with Crippen molar-refractivity contribution in [2.24, 2.45) is 7.05 Å². The molecule has 0 spiro atoms. The van der Waals surface area contributed by atoms with E-state index < -0.39 is 0 Å². The summed E-state index contributed by atoms with van der Waals surface area (Å²) in [5, 5.41) is 9.78. The van der Waals surface area contributed by atoms with E-state index in [0.29, 0.717) is 39.9 Å². The zero-order chi connectivity index (χ0) is 18.1. The van der Waals surface area contributed by atoms with Crippen LogP contribution in [0.3, 0.4) is 0 Å². The van der Waals surface area contributed by atoms with Crippen molar-refractivity contribution in [3.63, 3.8) is 0 Å². The molecule has 8 heteroatoms. The van der Waals surface area contributed by atoms with Gasteiger partial charge in [0.25, 0.3) is 0 Å². The Labute approximate surface area is 145 Å². The SMILES string of the molecule is COc1c(NC(=O)Nc2ccc3oc(C(C)C)nc3c2)c(C)nn1C. The minimum Gasteiger partial charge on any atom is -0.480 e. The van der Waals surface area contributed by atoms with E-state index in [1.165, 1.54) is 7.11 Å². The zero-order valence-corrected chi connectivity index (χ0v) is 14.9. The summed E-state index contributed by atoms with van der Waals surface area (Å²) in [5.41, 5.74) is 3.22. The Hall–Kier alpha value is -3.03. The highest BCUT2D eigenvalue weighted by atomic mass is 16.5. The number of methoxy groups -OCH3 is 1. The summed E-state index contributed by atoms with van der Waals surface area (Å²) < 4.78 is 12.5. The summed E-state index contributed by atoms with van der Waals surface area (Å²) in [7, 11) is 3.28. The molecular formula is C17H21N5O3. The van der Waals surface area contributed by atoms with Crippen molar-refractivity contribution >= 4 is 28.5 Å². The summed E-state index contributed by atoms with van der Waals surface area (Å²) >= 11 is 0. The Balaban J connectivity index is 1.78. The molecule has 0 fully saturated rings. The normalized spacial score (nSPS) is 11.1. The van der Waals surface area contributed by atoms with Gasteiger partial charge < -0.3 is 19.8 Å². The van der Waals surface area contributed by atoms with Gasteiger partial charge in [0.05, 0.1) is 12.8 Å². The Morgan fingerprint density at radius 2 is 2.08 bits per heavy atom. The Bertz CT molecular complexity index is 926. The zero-order valence-electron chi connectivity index (χ0n) is 14.9. The van der Waals surface area contributed by atoms with Crippen molar-refractivity contribution in [2.45, 2.75) is 26.7 Å². The predicted octanol–water partition coefficient (Wildman–Crippen LogP) is 3.65. The molecule has 1 aromatic carbocycles. The topological polar surface area (TPSA) is 94.2 Å². The van der Waals surface area contributed by atoms with E-state index in [2.05, 4.69) is 20.7 Å².